The number of aliphatic hydroxyl groups excluding tert-OH is 1. The van der Waals surface area contributed by atoms with E-state index in [-0.39, 0.29) is 35.3 Å². The zero-order valence-corrected chi connectivity index (χ0v) is 21.8. The van der Waals surface area contributed by atoms with Gasteiger partial charge in [-0.25, -0.2) is 0 Å². The summed E-state index contributed by atoms with van der Waals surface area (Å²) in [6.07, 6.45) is 8.54. The van der Waals surface area contributed by atoms with Crippen LogP contribution in [0.25, 0.3) is 0 Å². The zero-order valence-electron chi connectivity index (χ0n) is 21.0. The number of ketones is 1. The van der Waals surface area contributed by atoms with Gasteiger partial charge in [-0.15, -0.1) is 0 Å². The third-order valence-electron chi connectivity index (χ3n) is 10.7. The summed E-state index contributed by atoms with van der Waals surface area (Å²) in [4.78, 5) is 25.7. The summed E-state index contributed by atoms with van der Waals surface area (Å²) in [6.45, 7) is 6.93. The molecular weight excluding hydrogens is 454 g/mol. The second-order valence-corrected chi connectivity index (χ2v) is 14.0. The predicted octanol–water partition coefficient (Wildman–Crippen LogP) is 3.61. The maximum absolute atomic E-state index is 13.5. The van der Waals surface area contributed by atoms with Crippen LogP contribution in [0.2, 0.25) is 0 Å². The Morgan fingerprint density at radius 3 is 2.50 bits per heavy atom. The Morgan fingerprint density at radius 2 is 1.79 bits per heavy atom. The summed E-state index contributed by atoms with van der Waals surface area (Å²) in [5.41, 5.74) is 0.290. The van der Waals surface area contributed by atoms with Crippen molar-refractivity contribution in [1.29, 1.82) is 0 Å². The molecule has 9 atom stereocenters. The molecule has 34 heavy (non-hydrogen) atoms. The standard InChI is InChI=1S/C26H43NO6S/c1-16(4-7-23(30)27-12-13-34(31,32)33)19-5-6-20-24-21(9-11-26(19,20)3)25(2)10-8-18(28)14-17(25)15-22(24)29/h16-21,24,28H,4-15H2,1-3H3,(H,27,30)(H,31,32,33)/t16-,17-,18-,19-,20?,21?,24?,25+,26-/m1/s1. The van der Waals surface area contributed by atoms with Crippen molar-refractivity contribution in [2.75, 3.05) is 12.3 Å². The number of hydrogen-bond donors (Lipinski definition) is 3. The first-order chi connectivity index (χ1) is 15.8. The molecule has 0 bridgehead atoms. The van der Waals surface area contributed by atoms with E-state index in [1.54, 1.807) is 0 Å². The molecule has 4 aliphatic rings. The van der Waals surface area contributed by atoms with Crippen molar-refractivity contribution in [3.05, 3.63) is 0 Å². The molecule has 0 aromatic heterocycles. The van der Waals surface area contributed by atoms with Gasteiger partial charge in [0, 0.05) is 25.3 Å². The van der Waals surface area contributed by atoms with Crippen LogP contribution in [0.1, 0.15) is 85.0 Å². The van der Waals surface area contributed by atoms with E-state index in [0.29, 0.717) is 48.2 Å². The first-order valence-electron chi connectivity index (χ1n) is 13.3. The number of carbonyl (C=O) groups excluding carboxylic acids is 2. The van der Waals surface area contributed by atoms with Crippen LogP contribution in [-0.4, -0.2) is 48.2 Å². The lowest BCUT2D eigenvalue weighted by molar-refractivity contribution is -0.160. The fourth-order valence-electron chi connectivity index (χ4n) is 8.85. The summed E-state index contributed by atoms with van der Waals surface area (Å²) < 4.78 is 30.5. The summed E-state index contributed by atoms with van der Waals surface area (Å²) in [5.74, 6) is 1.95. The van der Waals surface area contributed by atoms with E-state index in [4.69, 9.17) is 4.55 Å². The van der Waals surface area contributed by atoms with Crippen LogP contribution in [0.15, 0.2) is 0 Å². The third kappa shape index (κ3) is 4.83. The van der Waals surface area contributed by atoms with E-state index >= 15 is 0 Å². The number of fused-ring (bicyclic) bond motifs is 5. The van der Waals surface area contributed by atoms with Gasteiger partial charge in [0.2, 0.25) is 5.91 Å². The van der Waals surface area contributed by atoms with Crippen molar-refractivity contribution in [2.45, 2.75) is 91.1 Å². The molecule has 4 fully saturated rings. The Balaban J connectivity index is 1.39. The van der Waals surface area contributed by atoms with E-state index in [1.165, 1.54) is 0 Å². The molecule has 0 aromatic rings. The molecule has 4 saturated carbocycles. The van der Waals surface area contributed by atoms with E-state index in [2.05, 4.69) is 26.1 Å². The fourth-order valence-corrected chi connectivity index (χ4v) is 9.21. The van der Waals surface area contributed by atoms with Crippen LogP contribution in [0.3, 0.4) is 0 Å². The summed E-state index contributed by atoms with van der Waals surface area (Å²) in [7, 11) is -4.07. The first kappa shape index (κ1) is 26.1. The Hall–Kier alpha value is -0.990. The fraction of sp³-hybridized carbons (Fsp3) is 0.923. The molecule has 0 spiro atoms. The van der Waals surface area contributed by atoms with Gasteiger partial charge in [-0.1, -0.05) is 20.8 Å². The minimum atomic E-state index is -4.07. The number of amides is 1. The Labute approximate surface area is 204 Å². The quantitative estimate of drug-likeness (QED) is 0.462. The number of aliphatic hydroxyl groups is 1. The molecule has 3 unspecified atom stereocenters. The number of Topliss-reactive ketones (excluding diaryl/α,β-unsaturated/α-hetero) is 1. The molecule has 8 heteroatoms. The van der Waals surface area contributed by atoms with Crippen molar-refractivity contribution in [3.8, 4) is 0 Å². The van der Waals surface area contributed by atoms with Crippen LogP contribution in [-0.2, 0) is 19.7 Å². The molecule has 0 saturated heterocycles. The van der Waals surface area contributed by atoms with Crippen molar-refractivity contribution < 1.29 is 27.7 Å². The number of rotatable bonds is 7. The molecule has 3 N–H and O–H groups in total. The highest BCUT2D eigenvalue weighted by Gasteiger charge is 2.63. The lowest BCUT2D eigenvalue weighted by Crippen LogP contribution is -2.57. The first-order valence-corrected chi connectivity index (χ1v) is 14.9. The lowest BCUT2D eigenvalue weighted by atomic mass is 9.44. The summed E-state index contributed by atoms with van der Waals surface area (Å²) >= 11 is 0. The Bertz CT molecular complexity index is 905. The van der Waals surface area contributed by atoms with Crippen molar-refractivity contribution >= 4 is 21.8 Å². The highest BCUT2D eigenvalue weighted by Crippen LogP contribution is 2.67. The van der Waals surface area contributed by atoms with Gasteiger partial charge in [0.1, 0.15) is 5.78 Å². The monoisotopic (exact) mass is 497 g/mol. The van der Waals surface area contributed by atoms with Crippen molar-refractivity contribution in [1.82, 2.24) is 5.32 Å². The van der Waals surface area contributed by atoms with Gasteiger partial charge in [0.15, 0.2) is 0 Å². The van der Waals surface area contributed by atoms with Crippen LogP contribution in [0, 0.1) is 46.3 Å². The SMILES string of the molecule is C[C@H](CCC(=O)NCCS(=O)(=O)O)[C@H]1CCC2C3C(=O)C[C@H]4C[C@H](O)CC[C@]4(C)C3CC[C@@]21C. The largest absolute Gasteiger partial charge is 0.393 e. The minimum Gasteiger partial charge on any atom is -0.393 e. The molecule has 0 aromatic carbocycles. The van der Waals surface area contributed by atoms with E-state index in [9.17, 15) is 23.1 Å². The summed E-state index contributed by atoms with van der Waals surface area (Å²) in [6, 6.07) is 0. The predicted molar refractivity (Wildman–Crippen MR) is 129 cm³/mol. The third-order valence-corrected chi connectivity index (χ3v) is 11.4. The normalized spacial score (nSPS) is 42.9. The Kier molecular flexibility index (Phi) is 7.27. The molecule has 7 nitrogen and oxygen atoms in total. The smallest absolute Gasteiger partial charge is 0.266 e. The maximum Gasteiger partial charge on any atom is 0.266 e. The second-order valence-electron chi connectivity index (χ2n) is 12.4. The second kappa shape index (κ2) is 9.47. The van der Waals surface area contributed by atoms with Gasteiger partial charge < -0.3 is 10.4 Å². The molecule has 1 amide bonds. The van der Waals surface area contributed by atoms with Gasteiger partial charge in [0.05, 0.1) is 11.9 Å². The van der Waals surface area contributed by atoms with Gasteiger partial charge in [0.25, 0.3) is 10.1 Å². The molecule has 0 radical (unpaired) electrons. The zero-order chi connectivity index (χ0) is 24.9. The van der Waals surface area contributed by atoms with Crippen molar-refractivity contribution in [2.24, 2.45) is 46.3 Å². The average Bonchev–Trinajstić information content (AvgIpc) is 3.09. The average molecular weight is 498 g/mol. The Morgan fingerprint density at radius 1 is 1.12 bits per heavy atom. The number of hydrogen-bond acceptors (Lipinski definition) is 5. The molecule has 0 heterocycles. The van der Waals surface area contributed by atoms with Gasteiger partial charge in [-0.05, 0) is 91.8 Å². The van der Waals surface area contributed by atoms with Gasteiger partial charge in [-0.2, -0.15) is 8.42 Å². The number of nitrogens with one attached hydrogen (secondary N) is 1. The van der Waals surface area contributed by atoms with Crippen LogP contribution >= 0.6 is 0 Å². The molecular formula is C26H43NO6S. The van der Waals surface area contributed by atoms with Crippen LogP contribution < -0.4 is 5.32 Å². The van der Waals surface area contributed by atoms with Crippen LogP contribution in [0.4, 0.5) is 0 Å². The van der Waals surface area contributed by atoms with E-state index in [1.807, 2.05) is 0 Å². The number of carbonyl (C=O) groups is 2. The highest BCUT2D eigenvalue weighted by atomic mass is 32.2. The topological polar surface area (TPSA) is 121 Å². The lowest BCUT2D eigenvalue weighted by Gasteiger charge is -2.60. The van der Waals surface area contributed by atoms with Gasteiger partial charge >= 0.3 is 0 Å². The minimum absolute atomic E-state index is 0.0722. The molecule has 194 valence electrons. The van der Waals surface area contributed by atoms with E-state index < -0.39 is 15.9 Å². The molecule has 0 aliphatic heterocycles. The van der Waals surface area contributed by atoms with Crippen LogP contribution in [0.5, 0.6) is 0 Å². The molecule has 4 aliphatic carbocycles. The van der Waals surface area contributed by atoms with E-state index in [0.717, 1.165) is 51.4 Å². The van der Waals surface area contributed by atoms with Crippen molar-refractivity contribution in [3.63, 3.8) is 0 Å². The van der Waals surface area contributed by atoms with Gasteiger partial charge in [-0.3, -0.25) is 14.1 Å². The maximum atomic E-state index is 13.5. The molecule has 4 rings (SSSR count). The highest BCUT2D eigenvalue weighted by molar-refractivity contribution is 7.85. The summed E-state index contributed by atoms with van der Waals surface area (Å²) in [5, 5.41) is 12.8.